The maximum Gasteiger partial charge on any atom is 0.313 e. The quantitative estimate of drug-likeness (QED) is 0.797. The molecule has 104 valence electrons. The van der Waals surface area contributed by atoms with Crippen molar-refractivity contribution in [1.82, 2.24) is 9.97 Å². The monoisotopic (exact) mass is 293 g/mol. The van der Waals surface area contributed by atoms with Gasteiger partial charge in [0.25, 0.3) is 0 Å². The van der Waals surface area contributed by atoms with Gasteiger partial charge in [0.2, 0.25) is 0 Å². The summed E-state index contributed by atoms with van der Waals surface area (Å²) in [6, 6.07) is 6.42. The second-order valence-electron chi connectivity index (χ2n) is 3.84. The predicted molar refractivity (Wildman–Crippen MR) is 74.1 cm³/mol. The molecule has 0 saturated heterocycles. The van der Waals surface area contributed by atoms with E-state index in [9.17, 15) is 9.18 Å². The first-order valence-corrected chi connectivity index (χ1v) is 6.78. The zero-order valence-electron chi connectivity index (χ0n) is 10.4. The third-order valence-electron chi connectivity index (χ3n) is 2.40. The van der Waals surface area contributed by atoms with Crippen molar-refractivity contribution in [3.05, 3.63) is 48.0 Å². The van der Waals surface area contributed by atoms with E-state index in [1.807, 2.05) is 0 Å². The van der Waals surface area contributed by atoms with Crippen LogP contribution in [-0.4, -0.2) is 26.8 Å². The maximum absolute atomic E-state index is 13.5. The number of anilines is 1. The molecule has 0 unspecified atom stereocenters. The van der Waals surface area contributed by atoms with Gasteiger partial charge in [-0.2, -0.15) is 0 Å². The zero-order valence-corrected chi connectivity index (χ0v) is 11.2. The summed E-state index contributed by atoms with van der Waals surface area (Å²) in [7, 11) is 0. The molecule has 0 spiro atoms. The number of carboxylic acid groups (broad SMARTS) is 1. The summed E-state index contributed by atoms with van der Waals surface area (Å²) in [6.07, 6.45) is 2.98. The Labute approximate surface area is 119 Å². The van der Waals surface area contributed by atoms with Crippen LogP contribution in [0.5, 0.6) is 0 Å². The number of nitrogens with one attached hydrogen (secondary N) is 1. The minimum atomic E-state index is -0.930. The number of aromatic nitrogens is 2. The van der Waals surface area contributed by atoms with Crippen LogP contribution in [0.1, 0.15) is 5.56 Å². The fourth-order valence-electron chi connectivity index (χ4n) is 1.50. The Morgan fingerprint density at radius 2 is 2.05 bits per heavy atom. The average Bonchev–Trinajstić information content (AvgIpc) is 2.45. The van der Waals surface area contributed by atoms with Crippen LogP contribution in [0.3, 0.4) is 0 Å². The Balaban J connectivity index is 2.06. The molecular weight excluding hydrogens is 281 g/mol. The van der Waals surface area contributed by atoms with Crippen molar-refractivity contribution in [3.8, 4) is 0 Å². The van der Waals surface area contributed by atoms with E-state index < -0.39 is 5.97 Å². The Hall–Kier alpha value is -2.15. The fraction of sp³-hybridized carbons (Fsp3) is 0.154. The molecule has 0 saturated carbocycles. The number of aliphatic carboxylic acids is 1. The number of nitrogens with zero attached hydrogens (tertiary/aromatic N) is 2. The number of rotatable bonds is 6. The molecule has 0 aliphatic heterocycles. The molecule has 0 amide bonds. The number of hydrogen-bond acceptors (Lipinski definition) is 5. The van der Waals surface area contributed by atoms with Gasteiger partial charge in [-0.15, -0.1) is 0 Å². The molecule has 20 heavy (non-hydrogen) atoms. The Kier molecular flexibility index (Phi) is 4.89. The average molecular weight is 293 g/mol. The van der Waals surface area contributed by atoms with Crippen LogP contribution in [0.2, 0.25) is 0 Å². The van der Waals surface area contributed by atoms with Crippen LogP contribution in [-0.2, 0) is 11.3 Å². The topological polar surface area (TPSA) is 75.1 Å². The summed E-state index contributed by atoms with van der Waals surface area (Å²) in [5.74, 6) is -0.890. The molecule has 1 aromatic carbocycles. The van der Waals surface area contributed by atoms with Crippen LogP contribution < -0.4 is 5.32 Å². The van der Waals surface area contributed by atoms with Gasteiger partial charge in [0.05, 0.1) is 5.75 Å². The van der Waals surface area contributed by atoms with E-state index >= 15 is 0 Å². The SMILES string of the molecule is O=C(O)CSc1nccnc1NCc1ccccc1F. The largest absolute Gasteiger partial charge is 0.481 e. The summed E-state index contributed by atoms with van der Waals surface area (Å²) in [6.45, 7) is 0.256. The standard InChI is InChI=1S/C13H12FN3O2S/c14-10-4-2-1-3-9(10)7-17-12-13(16-6-5-15-12)20-8-11(18)19/h1-6H,7-8H2,(H,15,17)(H,18,19). The van der Waals surface area contributed by atoms with Gasteiger partial charge >= 0.3 is 5.97 Å². The molecule has 2 aromatic rings. The number of benzene rings is 1. The van der Waals surface area contributed by atoms with Gasteiger partial charge in [0.15, 0.2) is 5.82 Å². The highest BCUT2D eigenvalue weighted by molar-refractivity contribution is 8.00. The van der Waals surface area contributed by atoms with Gasteiger partial charge in [-0.25, -0.2) is 14.4 Å². The Morgan fingerprint density at radius 1 is 1.30 bits per heavy atom. The van der Waals surface area contributed by atoms with Crippen LogP contribution in [0.15, 0.2) is 41.7 Å². The van der Waals surface area contributed by atoms with Crippen molar-refractivity contribution in [1.29, 1.82) is 0 Å². The summed E-state index contributed by atoms with van der Waals surface area (Å²) in [5.41, 5.74) is 0.507. The zero-order chi connectivity index (χ0) is 14.4. The molecule has 0 atom stereocenters. The third kappa shape index (κ3) is 3.92. The fourth-order valence-corrected chi connectivity index (χ4v) is 2.16. The summed E-state index contributed by atoms with van der Waals surface area (Å²) in [5, 5.41) is 12.1. The van der Waals surface area contributed by atoms with Crippen molar-refractivity contribution < 1.29 is 14.3 Å². The second kappa shape index (κ2) is 6.85. The van der Waals surface area contributed by atoms with Gasteiger partial charge < -0.3 is 10.4 Å². The van der Waals surface area contributed by atoms with Crippen molar-refractivity contribution in [3.63, 3.8) is 0 Å². The predicted octanol–water partition coefficient (Wildman–Crippen LogP) is 2.40. The molecule has 7 heteroatoms. The van der Waals surface area contributed by atoms with E-state index in [4.69, 9.17) is 5.11 Å². The highest BCUT2D eigenvalue weighted by atomic mass is 32.2. The Bertz CT molecular complexity index is 610. The smallest absolute Gasteiger partial charge is 0.313 e. The molecular formula is C13H12FN3O2S. The molecule has 1 aromatic heterocycles. The van der Waals surface area contributed by atoms with Crippen LogP contribution in [0, 0.1) is 5.82 Å². The van der Waals surface area contributed by atoms with Crippen molar-refractivity contribution >= 4 is 23.5 Å². The van der Waals surface area contributed by atoms with E-state index in [0.717, 1.165) is 11.8 Å². The van der Waals surface area contributed by atoms with E-state index in [2.05, 4.69) is 15.3 Å². The highest BCUT2D eigenvalue weighted by Gasteiger charge is 2.09. The highest BCUT2D eigenvalue weighted by Crippen LogP contribution is 2.22. The first-order valence-electron chi connectivity index (χ1n) is 5.79. The molecule has 2 rings (SSSR count). The minimum Gasteiger partial charge on any atom is -0.481 e. The summed E-state index contributed by atoms with van der Waals surface area (Å²) < 4.78 is 13.5. The molecule has 2 N–H and O–H groups in total. The second-order valence-corrected chi connectivity index (χ2v) is 4.80. The van der Waals surface area contributed by atoms with E-state index in [0.29, 0.717) is 16.4 Å². The first-order chi connectivity index (χ1) is 9.66. The van der Waals surface area contributed by atoms with Crippen LogP contribution >= 0.6 is 11.8 Å². The number of halogens is 1. The maximum atomic E-state index is 13.5. The van der Waals surface area contributed by atoms with Crippen molar-refractivity contribution in [2.75, 3.05) is 11.1 Å². The molecule has 0 aliphatic carbocycles. The number of hydrogen-bond donors (Lipinski definition) is 2. The lowest BCUT2D eigenvalue weighted by Crippen LogP contribution is -2.06. The van der Waals surface area contributed by atoms with E-state index in [-0.39, 0.29) is 18.1 Å². The van der Waals surface area contributed by atoms with Gasteiger partial charge in [-0.1, -0.05) is 30.0 Å². The number of thioether (sulfide) groups is 1. The molecule has 0 radical (unpaired) electrons. The summed E-state index contributed by atoms with van der Waals surface area (Å²) >= 11 is 1.07. The molecule has 0 fully saturated rings. The number of carboxylic acids is 1. The lowest BCUT2D eigenvalue weighted by Gasteiger charge is -2.09. The first kappa shape index (κ1) is 14.3. The molecule has 0 bridgehead atoms. The van der Waals surface area contributed by atoms with Crippen molar-refractivity contribution in [2.24, 2.45) is 0 Å². The third-order valence-corrected chi connectivity index (χ3v) is 3.36. The van der Waals surface area contributed by atoms with Gasteiger partial charge in [0, 0.05) is 24.5 Å². The number of carbonyl (C=O) groups is 1. The van der Waals surface area contributed by atoms with Crippen LogP contribution in [0.25, 0.3) is 0 Å². The van der Waals surface area contributed by atoms with Crippen LogP contribution in [0.4, 0.5) is 10.2 Å². The van der Waals surface area contributed by atoms with E-state index in [1.165, 1.54) is 18.5 Å². The molecule has 1 heterocycles. The van der Waals surface area contributed by atoms with E-state index in [1.54, 1.807) is 18.2 Å². The molecule has 5 nitrogen and oxygen atoms in total. The lowest BCUT2D eigenvalue weighted by molar-refractivity contribution is -0.133. The molecule has 0 aliphatic rings. The normalized spacial score (nSPS) is 10.2. The summed E-state index contributed by atoms with van der Waals surface area (Å²) in [4.78, 5) is 18.7. The van der Waals surface area contributed by atoms with Crippen molar-refractivity contribution in [2.45, 2.75) is 11.6 Å². The van der Waals surface area contributed by atoms with Gasteiger partial charge in [0.1, 0.15) is 10.8 Å². The minimum absolute atomic E-state index is 0.104. The lowest BCUT2D eigenvalue weighted by atomic mass is 10.2. The Morgan fingerprint density at radius 3 is 2.80 bits per heavy atom. The van der Waals surface area contributed by atoms with Gasteiger partial charge in [-0.05, 0) is 6.07 Å². The van der Waals surface area contributed by atoms with Gasteiger partial charge in [-0.3, -0.25) is 4.79 Å².